The molecule has 2 N–H and O–H groups in total. The standard InChI is InChI=1S/C25H28ClN3O3/c26-19-9-4-8-18(16-19)25(32)29-15-5-10-22(29)24(31)28-21-13-11-20(12-14-21)27-23(30)17-6-2-1-3-7-17/h1-4,6-9,16,20-22H,5,10-15H2,(H,27,30)(H,28,31)/t20?,21?,22-/m0/s1. The SMILES string of the molecule is O=C(NC1CCC(NC(=O)[C@@H]2CCCN2C(=O)c2cccc(Cl)c2)CC1)c1ccccc1. The molecule has 2 aliphatic rings. The lowest BCUT2D eigenvalue weighted by atomic mass is 9.90. The fraction of sp³-hybridized carbons (Fsp3) is 0.400. The third-order valence-corrected chi connectivity index (χ3v) is 6.57. The van der Waals surface area contributed by atoms with Crippen molar-refractivity contribution in [1.29, 1.82) is 0 Å². The molecule has 0 bridgehead atoms. The maximum absolute atomic E-state index is 13.0. The Bertz CT molecular complexity index is 973. The van der Waals surface area contributed by atoms with Crippen LogP contribution in [-0.2, 0) is 4.79 Å². The van der Waals surface area contributed by atoms with E-state index in [1.54, 1.807) is 41.3 Å². The van der Waals surface area contributed by atoms with E-state index in [2.05, 4.69) is 10.6 Å². The Morgan fingerprint density at radius 3 is 2.16 bits per heavy atom. The smallest absolute Gasteiger partial charge is 0.254 e. The van der Waals surface area contributed by atoms with E-state index in [0.717, 1.165) is 32.1 Å². The molecule has 1 heterocycles. The summed E-state index contributed by atoms with van der Waals surface area (Å²) in [5, 5.41) is 6.74. The van der Waals surface area contributed by atoms with Crippen LogP contribution in [-0.4, -0.2) is 47.3 Å². The lowest BCUT2D eigenvalue weighted by Crippen LogP contribution is -2.50. The first kappa shape index (κ1) is 22.3. The number of amides is 3. The van der Waals surface area contributed by atoms with Crippen LogP contribution in [0.4, 0.5) is 0 Å². The fourth-order valence-electron chi connectivity index (χ4n) is 4.61. The predicted octanol–water partition coefficient (Wildman–Crippen LogP) is 3.80. The zero-order valence-corrected chi connectivity index (χ0v) is 18.7. The number of nitrogens with one attached hydrogen (secondary N) is 2. The van der Waals surface area contributed by atoms with Gasteiger partial charge >= 0.3 is 0 Å². The summed E-state index contributed by atoms with van der Waals surface area (Å²) in [5.74, 6) is -0.300. The van der Waals surface area contributed by atoms with Gasteiger partial charge in [-0.3, -0.25) is 14.4 Å². The maximum Gasteiger partial charge on any atom is 0.254 e. The summed E-state index contributed by atoms with van der Waals surface area (Å²) in [5.41, 5.74) is 1.17. The first-order chi connectivity index (χ1) is 15.5. The summed E-state index contributed by atoms with van der Waals surface area (Å²) in [7, 11) is 0. The molecule has 6 nitrogen and oxygen atoms in total. The highest BCUT2D eigenvalue weighted by atomic mass is 35.5. The van der Waals surface area contributed by atoms with Crippen molar-refractivity contribution < 1.29 is 14.4 Å². The van der Waals surface area contributed by atoms with E-state index in [9.17, 15) is 14.4 Å². The van der Waals surface area contributed by atoms with Crippen molar-refractivity contribution in [2.24, 2.45) is 0 Å². The second kappa shape index (κ2) is 10.2. The third-order valence-electron chi connectivity index (χ3n) is 6.33. The van der Waals surface area contributed by atoms with Crippen LogP contribution in [0.1, 0.15) is 59.2 Å². The van der Waals surface area contributed by atoms with Crippen LogP contribution in [0.15, 0.2) is 54.6 Å². The molecular weight excluding hydrogens is 426 g/mol. The fourth-order valence-corrected chi connectivity index (χ4v) is 4.80. The maximum atomic E-state index is 13.0. The van der Waals surface area contributed by atoms with Gasteiger partial charge in [0.25, 0.3) is 11.8 Å². The Balaban J connectivity index is 1.28. The zero-order valence-electron chi connectivity index (χ0n) is 17.9. The van der Waals surface area contributed by atoms with Gasteiger partial charge in [-0.15, -0.1) is 0 Å². The van der Waals surface area contributed by atoms with Crippen molar-refractivity contribution in [3.8, 4) is 0 Å². The van der Waals surface area contributed by atoms with Crippen molar-refractivity contribution in [3.05, 3.63) is 70.7 Å². The average Bonchev–Trinajstić information content (AvgIpc) is 3.30. The monoisotopic (exact) mass is 453 g/mol. The van der Waals surface area contributed by atoms with Crippen LogP contribution in [0.3, 0.4) is 0 Å². The summed E-state index contributed by atoms with van der Waals surface area (Å²) < 4.78 is 0. The Kier molecular flexibility index (Phi) is 7.10. The van der Waals surface area contributed by atoms with Crippen molar-refractivity contribution in [2.45, 2.75) is 56.7 Å². The van der Waals surface area contributed by atoms with Gasteiger partial charge in [0, 0.05) is 34.8 Å². The van der Waals surface area contributed by atoms with Crippen LogP contribution in [0.5, 0.6) is 0 Å². The molecule has 168 valence electrons. The average molecular weight is 454 g/mol. The van der Waals surface area contributed by atoms with Gasteiger partial charge in [0.1, 0.15) is 6.04 Å². The van der Waals surface area contributed by atoms with Gasteiger partial charge in [-0.05, 0) is 68.9 Å². The lowest BCUT2D eigenvalue weighted by Gasteiger charge is -2.31. The molecule has 1 aliphatic carbocycles. The minimum absolute atomic E-state index is 0.0563. The summed E-state index contributed by atoms with van der Waals surface area (Å²) >= 11 is 6.03. The molecule has 1 saturated heterocycles. The number of carbonyl (C=O) groups excluding carboxylic acids is 3. The minimum atomic E-state index is -0.447. The molecular formula is C25H28ClN3O3. The molecule has 0 aromatic heterocycles. The summed E-state index contributed by atoms with van der Waals surface area (Å²) in [4.78, 5) is 39.9. The topological polar surface area (TPSA) is 78.5 Å². The van der Waals surface area contributed by atoms with Crippen LogP contribution in [0.25, 0.3) is 0 Å². The number of carbonyl (C=O) groups is 3. The summed E-state index contributed by atoms with van der Waals surface area (Å²) in [6, 6.07) is 15.8. The molecule has 0 spiro atoms. The number of hydrogen-bond donors (Lipinski definition) is 2. The number of likely N-dealkylation sites (tertiary alicyclic amines) is 1. The first-order valence-electron chi connectivity index (χ1n) is 11.2. The molecule has 2 aromatic rings. The summed E-state index contributed by atoms with van der Waals surface area (Å²) in [6.07, 6.45) is 4.73. The Morgan fingerprint density at radius 2 is 1.47 bits per heavy atom. The molecule has 0 radical (unpaired) electrons. The third kappa shape index (κ3) is 5.30. The highest BCUT2D eigenvalue weighted by Crippen LogP contribution is 2.24. The molecule has 1 saturated carbocycles. The van der Waals surface area contributed by atoms with E-state index >= 15 is 0 Å². The van der Waals surface area contributed by atoms with Crippen molar-refractivity contribution in [2.75, 3.05) is 6.54 Å². The Labute approximate surface area is 193 Å². The van der Waals surface area contributed by atoms with Crippen molar-refractivity contribution in [1.82, 2.24) is 15.5 Å². The number of benzene rings is 2. The quantitative estimate of drug-likeness (QED) is 0.722. The Hall–Kier alpha value is -2.86. The minimum Gasteiger partial charge on any atom is -0.352 e. The first-order valence-corrected chi connectivity index (χ1v) is 11.6. The molecule has 2 fully saturated rings. The normalized spacial score (nSPS) is 22.9. The van der Waals surface area contributed by atoms with Crippen LogP contribution >= 0.6 is 11.6 Å². The Morgan fingerprint density at radius 1 is 0.812 bits per heavy atom. The molecule has 2 aromatic carbocycles. The van der Waals surface area contributed by atoms with Crippen LogP contribution in [0, 0.1) is 0 Å². The molecule has 1 aliphatic heterocycles. The van der Waals surface area contributed by atoms with Crippen LogP contribution in [0.2, 0.25) is 5.02 Å². The van der Waals surface area contributed by atoms with Gasteiger partial charge in [-0.25, -0.2) is 0 Å². The summed E-state index contributed by atoms with van der Waals surface area (Å²) in [6.45, 7) is 0.571. The van der Waals surface area contributed by atoms with Gasteiger partial charge in [0.2, 0.25) is 5.91 Å². The largest absolute Gasteiger partial charge is 0.352 e. The van der Waals surface area contributed by atoms with Gasteiger partial charge in [0.05, 0.1) is 0 Å². The van der Waals surface area contributed by atoms with E-state index in [4.69, 9.17) is 11.6 Å². The zero-order chi connectivity index (χ0) is 22.5. The second-order valence-corrected chi connectivity index (χ2v) is 9.00. The van der Waals surface area contributed by atoms with E-state index in [-0.39, 0.29) is 29.8 Å². The number of halogens is 1. The number of hydrogen-bond acceptors (Lipinski definition) is 3. The highest BCUT2D eigenvalue weighted by molar-refractivity contribution is 6.31. The lowest BCUT2D eigenvalue weighted by molar-refractivity contribution is -0.125. The van der Waals surface area contributed by atoms with Gasteiger partial charge in [0.15, 0.2) is 0 Å². The van der Waals surface area contributed by atoms with E-state index in [1.807, 2.05) is 18.2 Å². The van der Waals surface area contributed by atoms with Gasteiger partial charge in [-0.2, -0.15) is 0 Å². The van der Waals surface area contributed by atoms with Gasteiger partial charge < -0.3 is 15.5 Å². The molecule has 7 heteroatoms. The predicted molar refractivity (Wildman–Crippen MR) is 124 cm³/mol. The molecule has 4 rings (SSSR count). The van der Waals surface area contributed by atoms with Crippen LogP contribution < -0.4 is 10.6 Å². The molecule has 32 heavy (non-hydrogen) atoms. The van der Waals surface area contributed by atoms with Gasteiger partial charge in [-0.1, -0.05) is 35.9 Å². The van der Waals surface area contributed by atoms with E-state index < -0.39 is 6.04 Å². The molecule has 3 amide bonds. The van der Waals surface area contributed by atoms with E-state index in [1.165, 1.54) is 0 Å². The second-order valence-electron chi connectivity index (χ2n) is 8.56. The number of rotatable bonds is 5. The van der Waals surface area contributed by atoms with E-state index in [0.29, 0.717) is 29.1 Å². The molecule has 1 atom stereocenters. The highest BCUT2D eigenvalue weighted by Gasteiger charge is 2.36. The molecule has 0 unspecified atom stereocenters. The number of nitrogens with zero attached hydrogens (tertiary/aromatic N) is 1. The van der Waals surface area contributed by atoms with Crippen molar-refractivity contribution >= 4 is 29.3 Å². The van der Waals surface area contributed by atoms with Crippen molar-refractivity contribution in [3.63, 3.8) is 0 Å².